The number of Topliss-reactive ketones (excluding diaryl/α,β-unsaturated/α-hetero) is 1. The molecule has 1 aliphatic heterocycles. The van der Waals surface area contributed by atoms with Gasteiger partial charge in [-0.2, -0.15) is 0 Å². The number of likely N-dealkylation sites (tertiary alicyclic amines) is 1. The standard InChI is InChI=1S/C14H19NO/c1-11-6-4-5-7-12(11)10-15-9-8-13(16)14(15,2)3/h4-7H,8-10H2,1-3H3. The van der Waals surface area contributed by atoms with E-state index in [4.69, 9.17) is 0 Å². The second-order valence-electron chi connectivity index (χ2n) is 5.08. The SMILES string of the molecule is Cc1ccccc1CN1CCC(=O)C1(C)C. The van der Waals surface area contributed by atoms with E-state index < -0.39 is 0 Å². The summed E-state index contributed by atoms with van der Waals surface area (Å²) in [6.45, 7) is 7.95. The van der Waals surface area contributed by atoms with E-state index in [2.05, 4.69) is 36.1 Å². The van der Waals surface area contributed by atoms with E-state index >= 15 is 0 Å². The summed E-state index contributed by atoms with van der Waals surface area (Å²) < 4.78 is 0. The second kappa shape index (κ2) is 4.02. The molecule has 0 bridgehead atoms. The fraction of sp³-hybridized carbons (Fsp3) is 0.500. The van der Waals surface area contributed by atoms with Crippen LogP contribution in [0.25, 0.3) is 0 Å². The van der Waals surface area contributed by atoms with Gasteiger partial charge >= 0.3 is 0 Å². The summed E-state index contributed by atoms with van der Waals surface area (Å²) in [7, 11) is 0. The molecule has 1 aromatic carbocycles. The summed E-state index contributed by atoms with van der Waals surface area (Å²) >= 11 is 0. The van der Waals surface area contributed by atoms with Crippen molar-refractivity contribution in [1.82, 2.24) is 4.90 Å². The van der Waals surface area contributed by atoms with Crippen molar-refractivity contribution in [3.63, 3.8) is 0 Å². The van der Waals surface area contributed by atoms with Gasteiger partial charge in [-0.1, -0.05) is 24.3 Å². The molecule has 1 fully saturated rings. The van der Waals surface area contributed by atoms with Crippen LogP contribution in [0.2, 0.25) is 0 Å². The lowest BCUT2D eigenvalue weighted by Crippen LogP contribution is -2.42. The van der Waals surface area contributed by atoms with E-state index in [-0.39, 0.29) is 5.54 Å². The largest absolute Gasteiger partial charge is 0.298 e. The highest BCUT2D eigenvalue weighted by atomic mass is 16.1. The minimum Gasteiger partial charge on any atom is -0.298 e. The number of nitrogens with zero attached hydrogens (tertiary/aromatic N) is 1. The van der Waals surface area contributed by atoms with Crippen LogP contribution >= 0.6 is 0 Å². The molecule has 0 N–H and O–H groups in total. The summed E-state index contributed by atoms with van der Waals surface area (Å²) in [5, 5.41) is 0. The molecule has 86 valence electrons. The molecule has 2 rings (SSSR count). The molecule has 0 radical (unpaired) electrons. The van der Waals surface area contributed by atoms with Crippen molar-refractivity contribution in [3.8, 4) is 0 Å². The van der Waals surface area contributed by atoms with Crippen molar-refractivity contribution < 1.29 is 4.79 Å². The molecule has 0 aromatic heterocycles. The maximum absolute atomic E-state index is 11.7. The molecular formula is C14H19NO. The molecule has 0 unspecified atom stereocenters. The first kappa shape index (κ1) is 11.3. The maximum atomic E-state index is 11.7. The molecule has 16 heavy (non-hydrogen) atoms. The molecule has 0 atom stereocenters. The van der Waals surface area contributed by atoms with Crippen LogP contribution in [0.3, 0.4) is 0 Å². The maximum Gasteiger partial charge on any atom is 0.153 e. The van der Waals surface area contributed by atoms with Crippen LogP contribution in [-0.4, -0.2) is 22.8 Å². The van der Waals surface area contributed by atoms with Crippen LogP contribution < -0.4 is 0 Å². The highest BCUT2D eigenvalue weighted by molar-refractivity contribution is 5.89. The molecule has 1 aliphatic rings. The number of benzene rings is 1. The van der Waals surface area contributed by atoms with Gasteiger partial charge in [-0.15, -0.1) is 0 Å². The summed E-state index contributed by atoms with van der Waals surface area (Å²) in [5.41, 5.74) is 2.34. The lowest BCUT2D eigenvalue weighted by Gasteiger charge is -2.30. The van der Waals surface area contributed by atoms with E-state index in [1.807, 2.05) is 13.8 Å². The predicted molar refractivity (Wildman–Crippen MR) is 65.3 cm³/mol. The van der Waals surface area contributed by atoms with Crippen molar-refractivity contribution in [3.05, 3.63) is 35.4 Å². The Balaban J connectivity index is 2.18. The van der Waals surface area contributed by atoms with E-state index in [0.29, 0.717) is 12.2 Å². The van der Waals surface area contributed by atoms with Crippen molar-refractivity contribution >= 4 is 5.78 Å². The van der Waals surface area contributed by atoms with Crippen LogP contribution in [0.15, 0.2) is 24.3 Å². The van der Waals surface area contributed by atoms with Gasteiger partial charge < -0.3 is 0 Å². The molecule has 0 amide bonds. The van der Waals surface area contributed by atoms with E-state index in [0.717, 1.165) is 13.1 Å². The van der Waals surface area contributed by atoms with Crippen LogP contribution in [0.4, 0.5) is 0 Å². The van der Waals surface area contributed by atoms with E-state index in [9.17, 15) is 4.79 Å². The van der Waals surface area contributed by atoms with Gasteiger partial charge in [0.2, 0.25) is 0 Å². The smallest absolute Gasteiger partial charge is 0.153 e. The molecule has 2 nitrogen and oxygen atoms in total. The topological polar surface area (TPSA) is 20.3 Å². The minimum absolute atomic E-state index is 0.289. The van der Waals surface area contributed by atoms with Gasteiger partial charge in [0.25, 0.3) is 0 Å². The van der Waals surface area contributed by atoms with Crippen LogP contribution in [-0.2, 0) is 11.3 Å². The second-order valence-corrected chi connectivity index (χ2v) is 5.08. The molecule has 2 heteroatoms. The number of aryl methyl sites for hydroxylation is 1. The number of carbonyl (C=O) groups is 1. The Morgan fingerprint density at radius 1 is 1.31 bits per heavy atom. The highest BCUT2D eigenvalue weighted by Gasteiger charge is 2.39. The number of carbonyl (C=O) groups excluding carboxylic acids is 1. The van der Waals surface area contributed by atoms with Gasteiger partial charge in [0.05, 0.1) is 5.54 Å². The van der Waals surface area contributed by atoms with Gasteiger partial charge in [-0.3, -0.25) is 9.69 Å². The lowest BCUT2D eigenvalue weighted by atomic mass is 9.99. The first-order chi connectivity index (χ1) is 7.51. The van der Waals surface area contributed by atoms with Crippen molar-refractivity contribution in [2.24, 2.45) is 0 Å². The molecule has 0 aliphatic carbocycles. The monoisotopic (exact) mass is 217 g/mol. The third-order valence-electron chi connectivity index (χ3n) is 3.70. The highest BCUT2D eigenvalue weighted by Crippen LogP contribution is 2.27. The van der Waals surface area contributed by atoms with Crippen LogP contribution in [0.1, 0.15) is 31.4 Å². The zero-order valence-electron chi connectivity index (χ0n) is 10.3. The van der Waals surface area contributed by atoms with Gasteiger partial charge in [0.1, 0.15) is 0 Å². The molecule has 1 heterocycles. The molecule has 1 aromatic rings. The lowest BCUT2D eigenvalue weighted by molar-refractivity contribution is -0.123. The minimum atomic E-state index is -0.289. The molecular weight excluding hydrogens is 198 g/mol. The summed E-state index contributed by atoms with van der Waals surface area (Å²) in [4.78, 5) is 14.0. The fourth-order valence-electron chi connectivity index (χ4n) is 2.27. The third kappa shape index (κ3) is 1.90. The van der Waals surface area contributed by atoms with Gasteiger partial charge in [0, 0.05) is 19.5 Å². The zero-order chi connectivity index (χ0) is 11.8. The average molecular weight is 217 g/mol. The van der Waals surface area contributed by atoms with Crippen LogP contribution in [0, 0.1) is 6.92 Å². The fourth-order valence-corrected chi connectivity index (χ4v) is 2.27. The molecule has 0 saturated carbocycles. The quantitative estimate of drug-likeness (QED) is 0.758. The Bertz CT molecular complexity index is 409. The van der Waals surface area contributed by atoms with Gasteiger partial charge in [-0.05, 0) is 31.9 Å². The third-order valence-corrected chi connectivity index (χ3v) is 3.70. The van der Waals surface area contributed by atoms with E-state index in [1.54, 1.807) is 0 Å². The Kier molecular flexibility index (Phi) is 2.85. The Morgan fingerprint density at radius 2 is 2.00 bits per heavy atom. The van der Waals surface area contributed by atoms with Crippen LogP contribution in [0.5, 0.6) is 0 Å². The van der Waals surface area contributed by atoms with Crippen molar-refractivity contribution in [1.29, 1.82) is 0 Å². The number of rotatable bonds is 2. The van der Waals surface area contributed by atoms with Crippen molar-refractivity contribution in [2.75, 3.05) is 6.54 Å². The zero-order valence-corrected chi connectivity index (χ0v) is 10.3. The Labute approximate surface area is 97.3 Å². The van der Waals surface area contributed by atoms with Gasteiger partial charge in [0.15, 0.2) is 5.78 Å². The average Bonchev–Trinajstić information content (AvgIpc) is 2.48. The molecule has 1 saturated heterocycles. The summed E-state index contributed by atoms with van der Waals surface area (Å²) in [6.07, 6.45) is 0.693. The first-order valence-corrected chi connectivity index (χ1v) is 5.84. The number of hydrogen-bond donors (Lipinski definition) is 0. The first-order valence-electron chi connectivity index (χ1n) is 5.84. The number of hydrogen-bond acceptors (Lipinski definition) is 2. The predicted octanol–water partition coefficient (Wildman–Crippen LogP) is 2.55. The summed E-state index contributed by atoms with van der Waals surface area (Å²) in [5.74, 6) is 0.362. The Morgan fingerprint density at radius 3 is 2.56 bits per heavy atom. The normalized spacial score (nSPS) is 20.3. The Hall–Kier alpha value is -1.15. The number of ketones is 1. The molecule has 0 spiro atoms. The van der Waals surface area contributed by atoms with E-state index in [1.165, 1.54) is 11.1 Å². The summed E-state index contributed by atoms with van der Waals surface area (Å²) in [6, 6.07) is 8.39. The van der Waals surface area contributed by atoms with Crippen molar-refractivity contribution in [2.45, 2.75) is 39.3 Å². The van der Waals surface area contributed by atoms with Gasteiger partial charge in [-0.25, -0.2) is 0 Å².